The maximum Gasteiger partial charge on any atom is 0.231 e. The van der Waals surface area contributed by atoms with Crippen molar-refractivity contribution >= 4 is 11.8 Å². The molecule has 1 saturated heterocycles. The van der Waals surface area contributed by atoms with E-state index in [2.05, 4.69) is 33.0 Å². The third kappa shape index (κ3) is 5.52. The Balaban J connectivity index is 1.52. The lowest BCUT2D eigenvalue weighted by atomic mass is 9.97. The van der Waals surface area contributed by atoms with Crippen LogP contribution in [0.25, 0.3) is 0 Å². The number of hydrogen-bond acceptors (Lipinski definition) is 5. The van der Waals surface area contributed by atoms with Crippen molar-refractivity contribution in [3.8, 4) is 0 Å². The Morgan fingerprint density at radius 1 is 1.26 bits per heavy atom. The summed E-state index contributed by atoms with van der Waals surface area (Å²) in [6.07, 6.45) is 4.04. The molecule has 150 valence electrons. The van der Waals surface area contributed by atoms with Gasteiger partial charge >= 0.3 is 0 Å². The monoisotopic (exact) mass is 376 g/mol. The quantitative estimate of drug-likeness (QED) is 0.714. The van der Waals surface area contributed by atoms with Crippen LogP contribution in [0.1, 0.15) is 44.0 Å². The van der Waals surface area contributed by atoms with Crippen molar-refractivity contribution in [3.63, 3.8) is 0 Å². The van der Waals surface area contributed by atoms with Crippen molar-refractivity contribution in [1.82, 2.24) is 24.9 Å². The molecule has 0 radical (unpaired) electrons. The number of rotatable bonds is 7. The van der Waals surface area contributed by atoms with Crippen LogP contribution in [0.3, 0.4) is 0 Å². The van der Waals surface area contributed by atoms with Crippen LogP contribution >= 0.6 is 0 Å². The first kappa shape index (κ1) is 19.8. The topological polar surface area (TPSA) is 96.5 Å². The standard InChI is InChI=1S/C19H32N6O2/c1-2-6-23-8-4-9-25-17(13-23)10-16(22-25)11-21-19(27)15-5-3-7-24(12-15)14-18(20)26/h10,15H,2-9,11-14H2,1H3,(H2,20,26)(H,21,27). The molecule has 0 spiro atoms. The van der Waals surface area contributed by atoms with Crippen molar-refractivity contribution in [2.75, 3.05) is 32.7 Å². The number of nitrogens with zero attached hydrogens (tertiary/aromatic N) is 4. The fourth-order valence-corrected chi connectivity index (χ4v) is 4.14. The van der Waals surface area contributed by atoms with Crippen LogP contribution < -0.4 is 11.1 Å². The molecule has 0 saturated carbocycles. The highest BCUT2D eigenvalue weighted by Crippen LogP contribution is 2.17. The maximum absolute atomic E-state index is 12.5. The predicted molar refractivity (Wildman–Crippen MR) is 103 cm³/mol. The van der Waals surface area contributed by atoms with Gasteiger partial charge in [0, 0.05) is 26.2 Å². The lowest BCUT2D eigenvalue weighted by molar-refractivity contribution is -0.128. The van der Waals surface area contributed by atoms with Gasteiger partial charge in [-0.1, -0.05) is 6.92 Å². The summed E-state index contributed by atoms with van der Waals surface area (Å²) in [5.74, 6) is -0.383. The van der Waals surface area contributed by atoms with Gasteiger partial charge in [-0.15, -0.1) is 0 Å². The van der Waals surface area contributed by atoms with E-state index in [4.69, 9.17) is 5.73 Å². The lowest BCUT2D eigenvalue weighted by Gasteiger charge is -2.30. The summed E-state index contributed by atoms with van der Waals surface area (Å²) in [5, 5.41) is 7.71. The number of carbonyl (C=O) groups excluding carboxylic acids is 2. The maximum atomic E-state index is 12.5. The number of aromatic nitrogens is 2. The van der Waals surface area contributed by atoms with Gasteiger partial charge in [0.05, 0.1) is 30.4 Å². The Morgan fingerprint density at radius 2 is 2.07 bits per heavy atom. The summed E-state index contributed by atoms with van der Waals surface area (Å²) >= 11 is 0. The second-order valence-corrected chi connectivity index (χ2v) is 7.74. The Bertz CT molecular complexity index is 659. The molecule has 3 N–H and O–H groups in total. The zero-order valence-corrected chi connectivity index (χ0v) is 16.3. The van der Waals surface area contributed by atoms with E-state index in [-0.39, 0.29) is 24.3 Å². The molecule has 3 heterocycles. The number of primary amides is 1. The minimum Gasteiger partial charge on any atom is -0.369 e. The van der Waals surface area contributed by atoms with Crippen LogP contribution in [0.5, 0.6) is 0 Å². The van der Waals surface area contributed by atoms with Crippen molar-refractivity contribution < 1.29 is 9.59 Å². The molecule has 0 aromatic carbocycles. The fraction of sp³-hybridized carbons (Fsp3) is 0.737. The SMILES string of the molecule is CCCN1CCCn2nc(CNC(=O)C3CCCN(CC(N)=O)C3)cc2C1. The molecular formula is C19H32N6O2. The highest BCUT2D eigenvalue weighted by atomic mass is 16.2. The third-order valence-electron chi connectivity index (χ3n) is 5.38. The summed E-state index contributed by atoms with van der Waals surface area (Å²) < 4.78 is 2.09. The number of hydrogen-bond donors (Lipinski definition) is 2. The normalized spacial score (nSPS) is 21.4. The number of aryl methyl sites for hydroxylation is 1. The van der Waals surface area contributed by atoms with Gasteiger partial charge in [0.2, 0.25) is 11.8 Å². The number of carbonyl (C=O) groups is 2. The molecule has 1 aromatic heterocycles. The van der Waals surface area contributed by atoms with Crippen LogP contribution in [0.15, 0.2) is 6.07 Å². The first-order valence-electron chi connectivity index (χ1n) is 10.1. The average molecular weight is 377 g/mol. The minimum absolute atomic E-state index is 0.0416. The van der Waals surface area contributed by atoms with Gasteiger partial charge in [0.15, 0.2) is 0 Å². The van der Waals surface area contributed by atoms with Gasteiger partial charge in [-0.2, -0.15) is 5.10 Å². The molecule has 0 aliphatic carbocycles. The van der Waals surface area contributed by atoms with Crippen LogP contribution in [0.4, 0.5) is 0 Å². The van der Waals surface area contributed by atoms with Crippen molar-refractivity contribution in [3.05, 3.63) is 17.5 Å². The molecule has 0 bridgehead atoms. The summed E-state index contributed by atoms with van der Waals surface area (Å²) in [7, 11) is 0. The molecule has 27 heavy (non-hydrogen) atoms. The van der Waals surface area contributed by atoms with E-state index in [9.17, 15) is 9.59 Å². The molecule has 1 aromatic rings. The first-order valence-corrected chi connectivity index (χ1v) is 10.1. The van der Waals surface area contributed by atoms with Crippen LogP contribution in [-0.4, -0.2) is 64.1 Å². The van der Waals surface area contributed by atoms with Crippen LogP contribution in [0.2, 0.25) is 0 Å². The largest absolute Gasteiger partial charge is 0.369 e. The number of piperidine rings is 1. The zero-order chi connectivity index (χ0) is 19.2. The van der Waals surface area contributed by atoms with Gasteiger partial charge in [-0.3, -0.25) is 24.1 Å². The number of fused-ring (bicyclic) bond motifs is 1. The molecule has 1 fully saturated rings. The highest BCUT2D eigenvalue weighted by molar-refractivity contribution is 5.79. The number of nitrogens with one attached hydrogen (secondary N) is 1. The molecule has 8 heteroatoms. The van der Waals surface area contributed by atoms with E-state index in [0.717, 1.165) is 64.1 Å². The number of nitrogens with two attached hydrogens (primary N) is 1. The van der Waals surface area contributed by atoms with Gasteiger partial charge in [0.25, 0.3) is 0 Å². The fourth-order valence-electron chi connectivity index (χ4n) is 4.14. The third-order valence-corrected chi connectivity index (χ3v) is 5.38. The van der Waals surface area contributed by atoms with E-state index < -0.39 is 0 Å². The molecule has 2 aliphatic heterocycles. The zero-order valence-electron chi connectivity index (χ0n) is 16.3. The Hall–Kier alpha value is -1.93. The van der Waals surface area contributed by atoms with Crippen molar-refractivity contribution in [1.29, 1.82) is 0 Å². The van der Waals surface area contributed by atoms with E-state index in [1.165, 1.54) is 5.69 Å². The smallest absolute Gasteiger partial charge is 0.231 e. The van der Waals surface area contributed by atoms with Gasteiger partial charge < -0.3 is 11.1 Å². The van der Waals surface area contributed by atoms with E-state index in [1.807, 2.05) is 4.90 Å². The summed E-state index contributed by atoms with van der Waals surface area (Å²) in [5.41, 5.74) is 7.42. The van der Waals surface area contributed by atoms with E-state index in [0.29, 0.717) is 13.1 Å². The Morgan fingerprint density at radius 3 is 2.85 bits per heavy atom. The van der Waals surface area contributed by atoms with Crippen molar-refractivity contribution in [2.24, 2.45) is 11.7 Å². The van der Waals surface area contributed by atoms with Gasteiger partial charge in [-0.25, -0.2) is 0 Å². The summed E-state index contributed by atoms with van der Waals surface area (Å²) in [6.45, 7) is 8.42. The van der Waals surface area contributed by atoms with Gasteiger partial charge in [0.1, 0.15) is 0 Å². The van der Waals surface area contributed by atoms with Crippen LogP contribution in [0, 0.1) is 5.92 Å². The predicted octanol–water partition coefficient (Wildman–Crippen LogP) is 0.312. The molecule has 3 rings (SSSR count). The second-order valence-electron chi connectivity index (χ2n) is 7.74. The second kappa shape index (κ2) is 9.32. The molecule has 2 aliphatic rings. The molecule has 8 nitrogen and oxygen atoms in total. The highest BCUT2D eigenvalue weighted by Gasteiger charge is 2.26. The van der Waals surface area contributed by atoms with Gasteiger partial charge in [-0.05, 0) is 44.8 Å². The molecule has 1 atom stereocenters. The van der Waals surface area contributed by atoms with Crippen molar-refractivity contribution in [2.45, 2.75) is 52.2 Å². The average Bonchev–Trinajstić information content (AvgIpc) is 2.91. The minimum atomic E-state index is -0.340. The Labute approximate surface area is 161 Å². The summed E-state index contributed by atoms with van der Waals surface area (Å²) in [4.78, 5) is 28.1. The Kier molecular flexibility index (Phi) is 6.84. The summed E-state index contributed by atoms with van der Waals surface area (Å²) in [6, 6.07) is 2.12. The number of amides is 2. The molecule has 1 unspecified atom stereocenters. The molecule has 2 amide bonds. The number of likely N-dealkylation sites (tertiary alicyclic amines) is 1. The van der Waals surface area contributed by atoms with E-state index in [1.54, 1.807) is 0 Å². The molecular weight excluding hydrogens is 344 g/mol. The lowest BCUT2D eigenvalue weighted by Crippen LogP contribution is -2.45. The van der Waals surface area contributed by atoms with E-state index >= 15 is 0 Å². The first-order chi connectivity index (χ1) is 13.0. The van der Waals surface area contributed by atoms with Crippen LogP contribution in [-0.2, 0) is 29.2 Å².